The van der Waals surface area contributed by atoms with Gasteiger partial charge in [0.25, 0.3) is 0 Å². The second-order valence-corrected chi connectivity index (χ2v) is 6.49. The number of nitrogens with zero attached hydrogens (tertiary/aromatic N) is 2. The first-order valence-electron chi connectivity index (χ1n) is 8.64. The number of fused-ring (bicyclic) bond motifs is 1. The van der Waals surface area contributed by atoms with E-state index in [-0.39, 0.29) is 6.61 Å². The molecule has 1 heterocycles. The minimum absolute atomic E-state index is 0.226. The number of para-hydroxylation sites is 2. The number of imidazole rings is 1. The molecule has 1 aliphatic rings. The average molecular weight is 338 g/mol. The summed E-state index contributed by atoms with van der Waals surface area (Å²) in [5.41, 5.74) is 2.06. The zero-order valence-electron chi connectivity index (χ0n) is 14.3. The first kappa shape index (κ1) is 16.0. The molecule has 1 unspecified atom stereocenters. The van der Waals surface area contributed by atoms with Gasteiger partial charge < -0.3 is 19.1 Å². The Morgan fingerprint density at radius 1 is 1.16 bits per heavy atom. The van der Waals surface area contributed by atoms with E-state index in [1.54, 1.807) is 7.11 Å². The Bertz CT molecular complexity index is 870. The summed E-state index contributed by atoms with van der Waals surface area (Å²) in [5.74, 6) is 3.04. The van der Waals surface area contributed by atoms with Gasteiger partial charge in [-0.2, -0.15) is 0 Å². The highest BCUT2D eigenvalue weighted by atomic mass is 16.5. The summed E-state index contributed by atoms with van der Waals surface area (Å²) >= 11 is 0. The molecule has 5 nitrogen and oxygen atoms in total. The number of aliphatic hydroxyl groups excluding tert-OH is 1. The lowest BCUT2D eigenvalue weighted by Crippen LogP contribution is -2.24. The molecule has 1 N–H and O–H groups in total. The van der Waals surface area contributed by atoms with Gasteiger partial charge in [-0.3, -0.25) is 0 Å². The quantitative estimate of drug-likeness (QED) is 0.718. The Hall–Kier alpha value is -2.53. The van der Waals surface area contributed by atoms with Crippen LogP contribution >= 0.6 is 0 Å². The van der Waals surface area contributed by atoms with Gasteiger partial charge in [-0.05, 0) is 37.1 Å². The summed E-state index contributed by atoms with van der Waals surface area (Å²) < 4.78 is 13.1. The van der Waals surface area contributed by atoms with Crippen molar-refractivity contribution < 1.29 is 14.6 Å². The third-order valence-corrected chi connectivity index (χ3v) is 4.50. The third-order valence-electron chi connectivity index (χ3n) is 4.50. The molecule has 0 radical (unpaired) electrons. The topological polar surface area (TPSA) is 56.5 Å². The number of benzene rings is 2. The van der Waals surface area contributed by atoms with Gasteiger partial charge in [0.05, 0.1) is 24.7 Å². The van der Waals surface area contributed by atoms with E-state index >= 15 is 0 Å². The van der Waals surface area contributed by atoms with E-state index in [1.807, 2.05) is 42.5 Å². The lowest BCUT2D eigenvalue weighted by Gasteiger charge is -2.16. The number of methoxy groups -OCH3 is 1. The summed E-state index contributed by atoms with van der Waals surface area (Å²) in [6.07, 6.45) is 1.75. The van der Waals surface area contributed by atoms with Crippen LogP contribution in [-0.2, 0) is 6.54 Å². The number of rotatable bonds is 7. The van der Waals surface area contributed by atoms with Gasteiger partial charge in [-0.1, -0.05) is 18.2 Å². The van der Waals surface area contributed by atoms with Gasteiger partial charge in [0.2, 0.25) is 0 Å². The molecule has 0 spiro atoms. The molecule has 0 saturated heterocycles. The third kappa shape index (κ3) is 3.46. The van der Waals surface area contributed by atoms with Gasteiger partial charge in [0.15, 0.2) is 0 Å². The van der Waals surface area contributed by atoms with Crippen molar-refractivity contribution in [2.45, 2.75) is 31.4 Å². The van der Waals surface area contributed by atoms with Crippen LogP contribution in [0.25, 0.3) is 11.0 Å². The van der Waals surface area contributed by atoms with Crippen LogP contribution in [-0.4, -0.2) is 34.5 Å². The molecule has 5 heteroatoms. The molecule has 1 fully saturated rings. The summed E-state index contributed by atoms with van der Waals surface area (Å²) in [4.78, 5) is 4.76. The van der Waals surface area contributed by atoms with E-state index in [4.69, 9.17) is 14.5 Å². The zero-order valence-corrected chi connectivity index (χ0v) is 14.3. The molecule has 3 aromatic rings. The first-order chi connectivity index (χ1) is 12.2. The highest BCUT2D eigenvalue weighted by Crippen LogP contribution is 2.40. The van der Waals surface area contributed by atoms with Crippen molar-refractivity contribution in [2.24, 2.45) is 0 Å². The second kappa shape index (κ2) is 6.76. The van der Waals surface area contributed by atoms with Gasteiger partial charge in [-0.25, -0.2) is 4.98 Å². The van der Waals surface area contributed by atoms with Crippen LogP contribution in [0.5, 0.6) is 11.5 Å². The second-order valence-electron chi connectivity index (χ2n) is 6.49. The highest BCUT2D eigenvalue weighted by molar-refractivity contribution is 5.76. The molecule has 0 amide bonds. The molecule has 2 aromatic carbocycles. The Morgan fingerprint density at radius 2 is 1.96 bits per heavy atom. The largest absolute Gasteiger partial charge is 0.497 e. The van der Waals surface area contributed by atoms with Crippen molar-refractivity contribution in [3.63, 3.8) is 0 Å². The molecule has 1 aliphatic carbocycles. The van der Waals surface area contributed by atoms with Gasteiger partial charge in [0.1, 0.15) is 30.0 Å². The van der Waals surface area contributed by atoms with Crippen LogP contribution in [0.15, 0.2) is 48.5 Å². The molecular formula is C20H22N2O3. The number of hydrogen-bond donors (Lipinski definition) is 1. The summed E-state index contributed by atoms with van der Waals surface area (Å²) in [5, 5.41) is 10.5. The molecule has 1 saturated carbocycles. The van der Waals surface area contributed by atoms with Crippen LogP contribution < -0.4 is 9.47 Å². The van der Waals surface area contributed by atoms with Gasteiger partial charge >= 0.3 is 0 Å². The standard InChI is InChI=1S/C20H22N2O3/c1-24-16-5-4-6-17(11-16)25-13-15(23)12-22-19-8-3-2-7-18(19)21-20(22)14-9-10-14/h2-8,11,14-15,23H,9-10,12-13H2,1H3. The smallest absolute Gasteiger partial charge is 0.123 e. The molecular weight excluding hydrogens is 316 g/mol. The van der Waals surface area contributed by atoms with Crippen LogP contribution in [0.2, 0.25) is 0 Å². The Kier molecular flexibility index (Phi) is 4.32. The highest BCUT2D eigenvalue weighted by Gasteiger charge is 2.30. The fourth-order valence-corrected chi connectivity index (χ4v) is 3.09. The Labute approximate surface area is 146 Å². The van der Waals surface area contributed by atoms with Crippen molar-refractivity contribution in [3.05, 3.63) is 54.4 Å². The normalized spacial score (nSPS) is 15.3. The van der Waals surface area contributed by atoms with E-state index in [2.05, 4.69) is 10.6 Å². The Balaban J connectivity index is 1.48. The van der Waals surface area contributed by atoms with E-state index in [0.717, 1.165) is 22.6 Å². The number of aliphatic hydroxyl groups is 1. The molecule has 1 aromatic heterocycles. The van der Waals surface area contributed by atoms with Gasteiger partial charge in [-0.15, -0.1) is 0 Å². The lowest BCUT2D eigenvalue weighted by molar-refractivity contribution is 0.0926. The lowest BCUT2D eigenvalue weighted by atomic mass is 10.3. The molecule has 130 valence electrons. The number of hydrogen-bond acceptors (Lipinski definition) is 4. The molecule has 0 bridgehead atoms. The van der Waals surface area contributed by atoms with E-state index in [1.165, 1.54) is 12.8 Å². The van der Waals surface area contributed by atoms with Crippen molar-refractivity contribution in [1.29, 1.82) is 0 Å². The fourth-order valence-electron chi connectivity index (χ4n) is 3.09. The predicted octanol–water partition coefficient (Wildman–Crippen LogP) is 3.36. The SMILES string of the molecule is COc1cccc(OCC(O)Cn2c(C3CC3)nc3ccccc32)c1. The number of ether oxygens (including phenoxy) is 2. The van der Waals surface area contributed by atoms with E-state index < -0.39 is 6.10 Å². The minimum Gasteiger partial charge on any atom is -0.497 e. The maximum absolute atomic E-state index is 10.5. The zero-order chi connectivity index (χ0) is 17.2. The van der Waals surface area contributed by atoms with Crippen LogP contribution in [0.3, 0.4) is 0 Å². The van der Waals surface area contributed by atoms with Gasteiger partial charge in [0, 0.05) is 12.0 Å². The maximum Gasteiger partial charge on any atom is 0.123 e. The van der Waals surface area contributed by atoms with E-state index in [9.17, 15) is 5.11 Å². The van der Waals surface area contributed by atoms with Crippen LogP contribution in [0.4, 0.5) is 0 Å². The maximum atomic E-state index is 10.5. The predicted molar refractivity (Wildman–Crippen MR) is 96.2 cm³/mol. The fraction of sp³-hybridized carbons (Fsp3) is 0.350. The van der Waals surface area contributed by atoms with Crippen LogP contribution in [0, 0.1) is 0 Å². The van der Waals surface area contributed by atoms with Crippen molar-refractivity contribution in [1.82, 2.24) is 9.55 Å². The molecule has 25 heavy (non-hydrogen) atoms. The monoisotopic (exact) mass is 338 g/mol. The summed E-state index contributed by atoms with van der Waals surface area (Å²) in [7, 11) is 1.62. The summed E-state index contributed by atoms with van der Waals surface area (Å²) in [6, 6.07) is 15.5. The average Bonchev–Trinajstić information content (AvgIpc) is 3.43. The van der Waals surface area contributed by atoms with E-state index in [0.29, 0.717) is 18.2 Å². The molecule has 1 atom stereocenters. The van der Waals surface area contributed by atoms with Crippen molar-refractivity contribution in [3.8, 4) is 11.5 Å². The Morgan fingerprint density at radius 3 is 2.76 bits per heavy atom. The number of aromatic nitrogens is 2. The summed E-state index contributed by atoms with van der Waals surface area (Å²) in [6.45, 7) is 0.708. The van der Waals surface area contributed by atoms with Crippen LogP contribution in [0.1, 0.15) is 24.6 Å². The molecule has 0 aliphatic heterocycles. The first-order valence-corrected chi connectivity index (χ1v) is 8.64. The molecule has 4 rings (SSSR count). The van der Waals surface area contributed by atoms with Crippen molar-refractivity contribution >= 4 is 11.0 Å². The van der Waals surface area contributed by atoms with Crippen molar-refractivity contribution in [2.75, 3.05) is 13.7 Å². The minimum atomic E-state index is -0.610.